The van der Waals surface area contributed by atoms with E-state index in [9.17, 15) is 4.79 Å². The molecule has 4 nitrogen and oxygen atoms in total. The van der Waals surface area contributed by atoms with Crippen LogP contribution < -0.4 is 5.73 Å². The number of allylic oxidation sites excluding steroid dienone is 1. The maximum absolute atomic E-state index is 10.9. The normalized spacial score (nSPS) is 14.2. The van der Waals surface area contributed by atoms with Crippen molar-refractivity contribution in [2.75, 3.05) is 5.73 Å². The second-order valence-corrected chi connectivity index (χ2v) is 8.15. The molecule has 4 heteroatoms. The van der Waals surface area contributed by atoms with Gasteiger partial charge in [-0.25, -0.2) is 4.79 Å². The van der Waals surface area contributed by atoms with Gasteiger partial charge in [0.2, 0.25) is 0 Å². The van der Waals surface area contributed by atoms with E-state index in [-0.39, 0.29) is 0 Å². The van der Waals surface area contributed by atoms with Crippen LogP contribution in [0.2, 0.25) is 0 Å². The largest absolute Gasteiger partial charge is 0.478 e. The molecular formula is C28H26N2O2. The third-order valence-corrected chi connectivity index (χ3v) is 5.76. The van der Waals surface area contributed by atoms with Gasteiger partial charge < -0.3 is 16.2 Å². The van der Waals surface area contributed by atoms with E-state index < -0.39 is 5.97 Å². The zero-order valence-corrected chi connectivity index (χ0v) is 17.8. The van der Waals surface area contributed by atoms with Crippen molar-refractivity contribution >= 4 is 35.1 Å². The number of aliphatic carboxylic acids is 1. The van der Waals surface area contributed by atoms with Crippen molar-refractivity contribution in [3.63, 3.8) is 0 Å². The molecule has 0 heterocycles. The molecule has 32 heavy (non-hydrogen) atoms. The number of carboxylic acid groups (broad SMARTS) is 1. The summed E-state index contributed by atoms with van der Waals surface area (Å²) in [4.78, 5) is 10.9. The summed E-state index contributed by atoms with van der Waals surface area (Å²) in [6.45, 7) is 0. The van der Waals surface area contributed by atoms with Crippen LogP contribution in [0.15, 0.2) is 78.9 Å². The molecule has 0 unspecified atom stereocenters. The van der Waals surface area contributed by atoms with Crippen molar-refractivity contribution < 1.29 is 9.90 Å². The van der Waals surface area contributed by atoms with Gasteiger partial charge in [-0.1, -0.05) is 60.7 Å². The van der Waals surface area contributed by atoms with Crippen LogP contribution in [0.4, 0.5) is 5.69 Å². The highest BCUT2D eigenvalue weighted by Gasteiger charge is 2.25. The Bertz CT molecular complexity index is 1190. The highest BCUT2D eigenvalue weighted by atomic mass is 16.4. The molecule has 0 saturated heterocycles. The fourth-order valence-electron chi connectivity index (χ4n) is 3.91. The molecule has 0 radical (unpaired) electrons. The summed E-state index contributed by atoms with van der Waals surface area (Å²) in [6.07, 6.45) is 7.51. The Morgan fingerprint density at radius 1 is 0.969 bits per heavy atom. The lowest BCUT2D eigenvalue weighted by Crippen LogP contribution is -2.00. The molecule has 0 atom stereocenters. The third kappa shape index (κ3) is 5.03. The molecule has 1 fully saturated rings. The van der Waals surface area contributed by atoms with E-state index in [0.29, 0.717) is 17.2 Å². The summed E-state index contributed by atoms with van der Waals surface area (Å²) in [6, 6.07) is 24.2. The summed E-state index contributed by atoms with van der Waals surface area (Å²) >= 11 is 0. The molecule has 0 aliphatic heterocycles. The van der Waals surface area contributed by atoms with Gasteiger partial charge in [-0.2, -0.15) is 0 Å². The smallest absolute Gasteiger partial charge is 0.328 e. The average molecular weight is 423 g/mol. The molecule has 4 rings (SSSR count). The zero-order chi connectivity index (χ0) is 22.5. The van der Waals surface area contributed by atoms with Crippen molar-refractivity contribution in [1.29, 1.82) is 5.41 Å². The molecule has 0 amide bonds. The summed E-state index contributed by atoms with van der Waals surface area (Å²) < 4.78 is 0. The first-order chi connectivity index (χ1) is 15.5. The molecule has 4 N–H and O–H groups in total. The number of anilines is 1. The quantitative estimate of drug-likeness (QED) is 0.177. The van der Waals surface area contributed by atoms with Crippen molar-refractivity contribution in [1.82, 2.24) is 0 Å². The van der Waals surface area contributed by atoms with Gasteiger partial charge in [0.05, 0.1) is 0 Å². The second-order valence-electron chi connectivity index (χ2n) is 8.15. The molecule has 1 saturated carbocycles. The van der Waals surface area contributed by atoms with E-state index in [2.05, 4.69) is 24.3 Å². The molecule has 0 bridgehead atoms. The van der Waals surface area contributed by atoms with Crippen LogP contribution in [0.5, 0.6) is 0 Å². The van der Waals surface area contributed by atoms with Crippen LogP contribution in [-0.2, 0) is 4.79 Å². The number of hydrogen-bond acceptors (Lipinski definition) is 3. The topological polar surface area (TPSA) is 87.2 Å². The highest BCUT2D eigenvalue weighted by molar-refractivity contribution is 6.00. The number of carboxylic acids is 1. The molecule has 3 aromatic carbocycles. The Morgan fingerprint density at radius 3 is 2.28 bits per heavy atom. The summed E-state index contributed by atoms with van der Waals surface area (Å²) in [5, 5.41) is 16.7. The van der Waals surface area contributed by atoms with Gasteiger partial charge in [0.15, 0.2) is 0 Å². The monoisotopic (exact) mass is 422 g/mol. The first-order valence-corrected chi connectivity index (χ1v) is 10.8. The minimum atomic E-state index is -0.966. The van der Waals surface area contributed by atoms with Crippen LogP contribution in [0, 0.1) is 11.3 Å². The number of carbonyl (C=O) groups is 1. The highest BCUT2D eigenvalue weighted by Crippen LogP contribution is 2.43. The van der Waals surface area contributed by atoms with E-state index in [4.69, 9.17) is 16.2 Å². The SMILES string of the molecule is N=Cc1cc(/C(=C(\CC2CC2)c2ccccc2)c2ccc(/C=C/C(=O)O)cc2)ccc1N. The summed E-state index contributed by atoms with van der Waals surface area (Å²) in [5.74, 6) is -0.277. The van der Waals surface area contributed by atoms with Gasteiger partial charge in [0.25, 0.3) is 0 Å². The standard InChI is InChI=1S/C28H26N2O2/c29-18-24-17-23(13-14-26(24)30)28(22-11-8-19(9-12-22)10-15-27(31)32)25(16-20-6-7-20)21-4-2-1-3-5-21/h1-5,8-15,17-18,20,29H,6-7,16,30H2,(H,31,32)/b15-10+,28-25+,29-18?. The van der Waals surface area contributed by atoms with Gasteiger partial charge in [-0.05, 0) is 76.8 Å². The van der Waals surface area contributed by atoms with Gasteiger partial charge in [0, 0.05) is 23.5 Å². The van der Waals surface area contributed by atoms with Crippen LogP contribution in [0.3, 0.4) is 0 Å². The first-order valence-electron chi connectivity index (χ1n) is 10.8. The van der Waals surface area contributed by atoms with E-state index in [0.717, 1.165) is 34.8 Å². The molecule has 1 aliphatic rings. The van der Waals surface area contributed by atoms with Crippen molar-refractivity contribution in [3.05, 3.63) is 107 Å². The lowest BCUT2D eigenvalue weighted by molar-refractivity contribution is -0.131. The Balaban J connectivity index is 1.90. The van der Waals surface area contributed by atoms with Crippen molar-refractivity contribution in [2.45, 2.75) is 19.3 Å². The van der Waals surface area contributed by atoms with Gasteiger partial charge in [-0.3, -0.25) is 0 Å². The van der Waals surface area contributed by atoms with Gasteiger partial charge in [-0.15, -0.1) is 0 Å². The Hall–Kier alpha value is -3.92. The average Bonchev–Trinajstić information content (AvgIpc) is 3.64. The van der Waals surface area contributed by atoms with Crippen molar-refractivity contribution in [3.8, 4) is 0 Å². The van der Waals surface area contributed by atoms with Crippen LogP contribution in [0.25, 0.3) is 17.2 Å². The van der Waals surface area contributed by atoms with Crippen LogP contribution in [-0.4, -0.2) is 17.3 Å². The first kappa shape index (κ1) is 21.3. The van der Waals surface area contributed by atoms with E-state index in [1.807, 2.05) is 48.5 Å². The minimum absolute atomic E-state index is 0.584. The molecule has 0 spiro atoms. The summed E-state index contributed by atoms with van der Waals surface area (Å²) in [7, 11) is 0. The fraction of sp³-hybridized carbons (Fsp3) is 0.143. The van der Waals surface area contributed by atoms with E-state index in [1.165, 1.54) is 30.2 Å². The lowest BCUT2D eigenvalue weighted by atomic mass is 9.86. The zero-order valence-electron chi connectivity index (χ0n) is 17.8. The molecule has 0 aromatic heterocycles. The Labute approximate surface area is 188 Å². The number of nitrogen functional groups attached to an aromatic ring is 1. The Kier molecular flexibility index (Phi) is 6.31. The van der Waals surface area contributed by atoms with Crippen molar-refractivity contribution in [2.24, 2.45) is 5.92 Å². The number of benzene rings is 3. The summed E-state index contributed by atoms with van der Waals surface area (Å²) in [5.41, 5.74) is 13.8. The minimum Gasteiger partial charge on any atom is -0.478 e. The van der Waals surface area contributed by atoms with E-state index in [1.54, 1.807) is 6.08 Å². The maximum atomic E-state index is 10.9. The van der Waals surface area contributed by atoms with Gasteiger partial charge in [0.1, 0.15) is 0 Å². The number of rotatable bonds is 8. The third-order valence-electron chi connectivity index (χ3n) is 5.76. The molecule has 160 valence electrons. The predicted octanol–water partition coefficient (Wildman–Crippen LogP) is 6.12. The molecule has 1 aliphatic carbocycles. The lowest BCUT2D eigenvalue weighted by Gasteiger charge is -2.18. The number of nitrogens with two attached hydrogens (primary N) is 1. The van der Waals surface area contributed by atoms with E-state index >= 15 is 0 Å². The second kappa shape index (κ2) is 9.48. The maximum Gasteiger partial charge on any atom is 0.328 e. The van der Waals surface area contributed by atoms with Crippen LogP contribution >= 0.6 is 0 Å². The van der Waals surface area contributed by atoms with Gasteiger partial charge >= 0.3 is 5.97 Å². The predicted molar refractivity (Wildman–Crippen MR) is 132 cm³/mol. The fourth-order valence-corrected chi connectivity index (χ4v) is 3.91. The number of hydrogen-bond donors (Lipinski definition) is 3. The molecular weight excluding hydrogens is 396 g/mol. The Morgan fingerprint density at radius 2 is 1.66 bits per heavy atom. The number of nitrogens with one attached hydrogen (secondary N) is 1. The molecule has 3 aromatic rings. The van der Waals surface area contributed by atoms with Crippen LogP contribution in [0.1, 0.15) is 47.1 Å².